The molecule has 2 aliphatic heterocycles. The number of rotatable bonds is 4. The number of benzene rings is 2. The van der Waals surface area contributed by atoms with E-state index in [1.165, 1.54) is 5.69 Å². The van der Waals surface area contributed by atoms with E-state index in [0.717, 1.165) is 55.4 Å². The molecule has 1 N–H and O–H groups in total. The third kappa shape index (κ3) is 4.03. The van der Waals surface area contributed by atoms with Gasteiger partial charge >= 0.3 is 0 Å². The lowest BCUT2D eigenvalue weighted by Gasteiger charge is -2.39. The number of morpholine rings is 1. The molecule has 6 heteroatoms. The zero-order valence-electron chi connectivity index (χ0n) is 17.4. The molecular formula is C23H29N3O3. The number of ether oxygens (including phenoxy) is 2. The van der Waals surface area contributed by atoms with Crippen molar-refractivity contribution in [1.29, 1.82) is 0 Å². The smallest absolute Gasteiger partial charge is 0.224 e. The third-order valence-electron chi connectivity index (χ3n) is 5.81. The monoisotopic (exact) mass is 395 g/mol. The van der Waals surface area contributed by atoms with Crippen LogP contribution in [0.5, 0.6) is 5.75 Å². The van der Waals surface area contributed by atoms with Gasteiger partial charge in [0.1, 0.15) is 5.75 Å². The molecule has 0 aromatic heterocycles. The maximum Gasteiger partial charge on any atom is 0.224 e. The molecule has 2 heterocycles. The predicted octanol–water partition coefficient (Wildman–Crippen LogP) is 3.83. The average Bonchev–Trinajstić information content (AvgIpc) is 2.74. The lowest BCUT2D eigenvalue weighted by molar-refractivity contribution is -0.117. The molecule has 2 aliphatic rings. The lowest BCUT2D eigenvalue weighted by Crippen LogP contribution is -2.43. The van der Waals surface area contributed by atoms with Crippen molar-refractivity contribution in [1.82, 2.24) is 0 Å². The first-order valence-electron chi connectivity index (χ1n) is 10.2. The standard InChI is InChI=1S/C23H29N3O3/c1-16-14-22(21-15-20(28-3)8-9-23(21)26(16)17(2)27)24-18-4-6-19(7-5-18)25-10-12-29-13-11-25/h4-9,15-16,22,24H,10-14H2,1-3H3/t16-,22+/m0/s1. The molecule has 0 spiro atoms. The largest absolute Gasteiger partial charge is 0.497 e. The van der Waals surface area contributed by atoms with Crippen molar-refractivity contribution >= 4 is 23.0 Å². The first-order valence-corrected chi connectivity index (χ1v) is 10.2. The second kappa shape index (κ2) is 8.33. The minimum atomic E-state index is 0.0669. The highest BCUT2D eigenvalue weighted by molar-refractivity contribution is 5.94. The molecule has 2 aromatic carbocycles. The highest BCUT2D eigenvalue weighted by atomic mass is 16.5. The molecule has 1 fully saturated rings. The van der Waals surface area contributed by atoms with Crippen LogP contribution < -0.4 is 19.9 Å². The average molecular weight is 396 g/mol. The number of hydrogen-bond donors (Lipinski definition) is 1. The van der Waals surface area contributed by atoms with Crippen LogP contribution in [0.25, 0.3) is 0 Å². The van der Waals surface area contributed by atoms with Gasteiger partial charge in [0.25, 0.3) is 0 Å². The van der Waals surface area contributed by atoms with Crippen LogP contribution in [0.15, 0.2) is 42.5 Å². The molecule has 6 nitrogen and oxygen atoms in total. The van der Waals surface area contributed by atoms with Crippen LogP contribution in [0.1, 0.15) is 31.9 Å². The van der Waals surface area contributed by atoms with Crippen molar-refractivity contribution in [2.75, 3.05) is 48.5 Å². The maximum atomic E-state index is 12.2. The van der Waals surface area contributed by atoms with Crippen molar-refractivity contribution < 1.29 is 14.3 Å². The van der Waals surface area contributed by atoms with E-state index >= 15 is 0 Å². The quantitative estimate of drug-likeness (QED) is 0.853. The summed E-state index contributed by atoms with van der Waals surface area (Å²) in [5, 5.41) is 3.67. The molecule has 2 aromatic rings. The summed E-state index contributed by atoms with van der Waals surface area (Å²) >= 11 is 0. The molecule has 4 rings (SSSR count). The zero-order chi connectivity index (χ0) is 20.4. The summed E-state index contributed by atoms with van der Waals surface area (Å²) in [6.07, 6.45) is 0.838. The first kappa shape index (κ1) is 19.6. The van der Waals surface area contributed by atoms with Gasteiger partial charge in [-0.3, -0.25) is 4.79 Å². The van der Waals surface area contributed by atoms with E-state index < -0.39 is 0 Å². The number of nitrogens with one attached hydrogen (secondary N) is 1. The van der Waals surface area contributed by atoms with Gasteiger partial charge in [0, 0.05) is 48.7 Å². The topological polar surface area (TPSA) is 54.0 Å². The van der Waals surface area contributed by atoms with Crippen LogP contribution in [-0.4, -0.2) is 45.4 Å². The molecule has 1 amide bonds. The van der Waals surface area contributed by atoms with Crippen LogP contribution in [0, 0.1) is 0 Å². The third-order valence-corrected chi connectivity index (χ3v) is 5.81. The van der Waals surface area contributed by atoms with Crippen molar-refractivity contribution in [3.8, 4) is 5.75 Å². The van der Waals surface area contributed by atoms with Gasteiger partial charge in [-0.2, -0.15) is 0 Å². The van der Waals surface area contributed by atoms with E-state index in [9.17, 15) is 4.79 Å². The highest BCUT2D eigenvalue weighted by Gasteiger charge is 2.32. The van der Waals surface area contributed by atoms with Crippen molar-refractivity contribution in [3.05, 3.63) is 48.0 Å². The summed E-state index contributed by atoms with van der Waals surface area (Å²) in [6, 6.07) is 14.8. The summed E-state index contributed by atoms with van der Waals surface area (Å²) in [4.78, 5) is 16.5. The Labute approximate surface area is 172 Å². The number of methoxy groups -OCH3 is 1. The fourth-order valence-electron chi connectivity index (χ4n) is 4.38. The minimum Gasteiger partial charge on any atom is -0.497 e. The van der Waals surface area contributed by atoms with Gasteiger partial charge in [-0.1, -0.05) is 0 Å². The molecule has 1 saturated heterocycles. The second-order valence-corrected chi connectivity index (χ2v) is 7.74. The number of nitrogens with zero attached hydrogens (tertiary/aromatic N) is 2. The van der Waals surface area contributed by atoms with Crippen LogP contribution in [0.3, 0.4) is 0 Å². The van der Waals surface area contributed by atoms with Gasteiger partial charge in [0.2, 0.25) is 5.91 Å². The van der Waals surface area contributed by atoms with Crippen LogP contribution in [0.2, 0.25) is 0 Å². The van der Waals surface area contributed by atoms with Crippen LogP contribution >= 0.6 is 0 Å². The minimum absolute atomic E-state index is 0.0669. The second-order valence-electron chi connectivity index (χ2n) is 7.74. The van der Waals surface area contributed by atoms with Gasteiger partial charge in [0.15, 0.2) is 0 Å². The molecular weight excluding hydrogens is 366 g/mol. The number of carbonyl (C=O) groups is 1. The maximum absolute atomic E-state index is 12.2. The Morgan fingerprint density at radius 1 is 1.14 bits per heavy atom. The highest BCUT2D eigenvalue weighted by Crippen LogP contribution is 2.41. The van der Waals surface area contributed by atoms with E-state index in [-0.39, 0.29) is 18.0 Å². The zero-order valence-corrected chi connectivity index (χ0v) is 17.4. The molecule has 0 bridgehead atoms. The Bertz CT molecular complexity index is 862. The summed E-state index contributed by atoms with van der Waals surface area (Å²) in [7, 11) is 1.67. The van der Waals surface area contributed by atoms with Crippen molar-refractivity contribution in [2.24, 2.45) is 0 Å². The van der Waals surface area contributed by atoms with E-state index in [1.54, 1.807) is 14.0 Å². The summed E-state index contributed by atoms with van der Waals surface area (Å²) in [6.45, 7) is 7.16. The Morgan fingerprint density at radius 3 is 2.52 bits per heavy atom. The lowest BCUT2D eigenvalue weighted by atomic mass is 9.91. The van der Waals surface area contributed by atoms with E-state index in [2.05, 4.69) is 41.4 Å². The Hall–Kier alpha value is -2.73. The van der Waals surface area contributed by atoms with Gasteiger partial charge in [-0.15, -0.1) is 0 Å². The van der Waals surface area contributed by atoms with E-state index in [4.69, 9.17) is 9.47 Å². The fourth-order valence-corrected chi connectivity index (χ4v) is 4.38. The molecule has 0 radical (unpaired) electrons. The summed E-state index contributed by atoms with van der Waals surface area (Å²) in [5.74, 6) is 0.869. The van der Waals surface area contributed by atoms with Crippen LogP contribution in [0.4, 0.5) is 17.1 Å². The predicted molar refractivity (Wildman–Crippen MR) is 116 cm³/mol. The number of fused-ring (bicyclic) bond motifs is 1. The number of carbonyl (C=O) groups excluding carboxylic acids is 1. The summed E-state index contributed by atoms with van der Waals surface area (Å²) < 4.78 is 10.9. The van der Waals surface area contributed by atoms with Crippen molar-refractivity contribution in [3.63, 3.8) is 0 Å². The molecule has 2 atom stereocenters. The molecule has 29 heavy (non-hydrogen) atoms. The van der Waals surface area contributed by atoms with Crippen molar-refractivity contribution in [2.45, 2.75) is 32.4 Å². The van der Waals surface area contributed by atoms with Gasteiger partial charge in [-0.05, 0) is 55.8 Å². The number of hydrogen-bond acceptors (Lipinski definition) is 5. The Kier molecular flexibility index (Phi) is 5.62. The molecule has 0 aliphatic carbocycles. The SMILES string of the molecule is COc1ccc2c(c1)[C@H](Nc1ccc(N3CCOCC3)cc1)C[C@H](C)N2C(C)=O. The number of amides is 1. The molecule has 0 saturated carbocycles. The van der Waals surface area contributed by atoms with E-state index in [1.807, 2.05) is 23.1 Å². The first-order chi connectivity index (χ1) is 14.1. The molecule has 154 valence electrons. The Morgan fingerprint density at radius 2 is 1.86 bits per heavy atom. The Balaban J connectivity index is 1.58. The van der Waals surface area contributed by atoms with Gasteiger partial charge in [0.05, 0.1) is 26.4 Å². The van der Waals surface area contributed by atoms with Crippen LogP contribution in [-0.2, 0) is 9.53 Å². The molecule has 0 unspecified atom stereocenters. The number of anilines is 3. The van der Waals surface area contributed by atoms with Gasteiger partial charge < -0.3 is 24.6 Å². The normalized spacial score (nSPS) is 21.5. The van der Waals surface area contributed by atoms with Gasteiger partial charge in [-0.25, -0.2) is 0 Å². The fraction of sp³-hybridized carbons (Fsp3) is 0.435. The van der Waals surface area contributed by atoms with E-state index in [0.29, 0.717) is 0 Å². The summed E-state index contributed by atoms with van der Waals surface area (Å²) in [5.41, 5.74) is 4.35.